The average Bonchev–Trinajstić information content (AvgIpc) is 3.42. The number of carboxylic acid groups (broad SMARTS) is 1. The molecule has 1 aliphatic heterocycles. The Balaban J connectivity index is 1.81. The maximum atomic E-state index is 12.7. The second-order valence-electron chi connectivity index (χ2n) is 9.57. The number of anilines is 1. The Morgan fingerprint density at radius 2 is 2.06 bits per heavy atom. The summed E-state index contributed by atoms with van der Waals surface area (Å²) in [5.41, 5.74) is 1.80. The largest absolute Gasteiger partial charge is 0.465 e. The maximum Gasteiger partial charge on any atom is 0.412 e. The van der Waals surface area contributed by atoms with Gasteiger partial charge in [-0.3, -0.25) is 5.32 Å². The molecule has 0 spiro atoms. The fourth-order valence-electron chi connectivity index (χ4n) is 4.20. The molecule has 0 radical (unpaired) electrons. The highest BCUT2D eigenvalue weighted by Gasteiger charge is 2.24. The number of hydrogen-bond donors (Lipinski definition) is 3. The summed E-state index contributed by atoms with van der Waals surface area (Å²) in [5, 5.41) is 19.8. The van der Waals surface area contributed by atoms with Gasteiger partial charge < -0.3 is 24.5 Å². The highest BCUT2D eigenvalue weighted by molar-refractivity contribution is 6.46. The number of hydrogen-bond acceptors (Lipinski definition) is 5. The number of aromatic nitrogens is 3. The molecule has 2 amide bonds. The van der Waals surface area contributed by atoms with Gasteiger partial charge in [0, 0.05) is 48.6 Å². The van der Waals surface area contributed by atoms with Gasteiger partial charge in [0.05, 0.1) is 27.4 Å². The van der Waals surface area contributed by atoms with Gasteiger partial charge in [0.1, 0.15) is 11.8 Å². The predicted octanol–water partition coefficient (Wildman–Crippen LogP) is 6.13. The first kappa shape index (κ1) is 26.1. The fraction of sp³-hybridized carbons (Fsp3) is 0.458. The Hall–Kier alpha value is -2.95. The molecule has 1 fully saturated rings. The normalized spacial score (nSPS) is 16.2. The van der Waals surface area contributed by atoms with E-state index in [1.54, 1.807) is 37.7 Å². The third-order valence-electron chi connectivity index (χ3n) is 5.66. The number of halogens is 2. The topological polar surface area (TPSA) is 120 Å². The summed E-state index contributed by atoms with van der Waals surface area (Å²) in [6.45, 7) is 6.44. The summed E-state index contributed by atoms with van der Waals surface area (Å²) in [5.74, 6) is 0. The third kappa shape index (κ3) is 5.88. The van der Waals surface area contributed by atoms with Crippen LogP contribution in [0, 0.1) is 0 Å². The smallest absolute Gasteiger partial charge is 0.412 e. The van der Waals surface area contributed by atoms with Gasteiger partial charge in [0.25, 0.3) is 0 Å². The number of carbonyl (C=O) groups is 2. The molecule has 0 aliphatic carbocycles. The average molecular weight is 538 g/mol. The van der Waals surface area contributed by atoms with Gasteiger partial charge in [-0.15, -0.1) is 0 Å². The molecule has 0 bridgehead atoms. The SMILES string of the molecule is CC(C)(C)OC(=O)Nc1cc(Cl)c(Cl)c2c1c(-c1cnn(C3CCCCO3)c1)cn2CCNC(=O)O. The lowest BCUT2D eigenvalue weighted by molar-refractivity contribution is -0.0394. The van der Waals surface area contributed by atoms with Crippen LogP contribution in [0.25, 0.3) is 22.0 Å². The number of rotatable bonds is 6. The van der Waals surface area contributed by atoms with Crippen LogP contribution in [-0.4, -0.2) is 50.4 Å². The van der Waals surface area contributed by atoms with E-state index in [1.807, 2.05) is 17.0 Å². The second kappa shape index (κ2) is 10.6. The van der Waals surface area contributed by atoms with E-state index in [-0.39, 0.29) is 29.4 Å². The molecule has 2 aromatic heterocycles. The number of carbonyl (C=O) groups excluding carboxylic acids is 1. The first-order chi connectivity index (χ1) is 17.0. The van der Waals surface area contributed by atoms with Crippen molar-refractivity contribution < 1.29 is 24.2 Å². The molecule has 0 saturated carbocycles. The Labute approximate surface area is 218 Å². The molecule has 3 N–H and O–H groups in total. The molecule has 4 rings (SSSR count). The Morgan fingerprint density at radius 3 is 2.72 bits per heavy atom. The van der Waals surface area contributed by atoms with Gasteiger partial charge >= 0.3 is 12.2 Å². The zero-order valence-electron chi connectivity index (χ0n) is 20.3. The van der Waals surface area contributed by atoms with Crippen LogP contribution in [0.3, 0.4) is 0 Å². The van der Waals surface area contributed by atoms with Crippen LogP contribution >= 0.6 is 23.2 Å². The third-order valence-corrected chi connectivity index (χ3v) is 6.44. The molecular formula is C24H29Cl2N5O5. The van der Waals surface area contributed by atoms with Gasteiger partial charge in [-0.25, -0.2) is 14.3 Å². The van der Waals surface area contributed by atoms with E-state index < -0.39 is 17.8 Å². The van der Waals surface area contributed by atoms with E-state index in [9.17, 15) is 9.59 Å². The number of benzene rings is 1. The fourth-order valence-corrected chi connectivity index (χ4v) is 4.65. The van der Waals surface area contributed by atoms with Crippen molar-refractivity contribution in [2.75, 3.05) is 18.5 Å². The Morgan fingerprint density at radius 1 is 1.28 bits per heavy atom. The standard InChI is InChI=1S/C24H29Cl2N5O5/c1-24(2,3)36-23(34)29-17-10-16(25)20(26)21-19(17)15(13-30(21)8-7-27-22(32)33)14-11-28-31(12-14)18-6-4-5-9-35-18/h10-13,18,27H,4-9H2,1-3H3,(H,29,34)(H,32,33). The second-order valence-corrected chi connectivity index (χ2v) is 10.4. The van der Waals surface area contributed by atoms with E-state index in [4.69, 9.17) is 37.8 Å². The number of amides is 2. The first-order valence-electron chi connectivity index (χ1n) is 11.7. The molecular weight excluding hydrogens is 509 g/mol. The molecule has 10 nitrogen and oxygen atoms in total. The minimum Gasteiger partial charge on any atom is -0.465 e. The van der Waals surface area contributed by atoms with Gasteiger partial charge in [0.2, 0.25) is 0 Å². The first-order valence-corrected chi connectivity index (χ1v) is 12.4. The Bertz CT molecular complexity index is 1270. The van der Waals surface area contributed by atoms with Crippen molar-refractivity contribution in [1.82, 2.24) is 19.7 Å². The lowest BCUT2D eigenvalue weighted by atomic mass is 10.1. The zero-order valence-corrected chi connectivity index (χ0v) is 21.8. The van der Waals surface area contributed by atoms with E-state index in [0.717, 1.165) is 30.4 Å². The molecule has 1 unspecified atom stereocenters. The van der Waals surface area contributed by atoms with Crippen molar-refractivity contribution >= 4 is 52.0 Å². The highest BCUT2D eigenvalue weighted by Crippen LogP contribution is 2.43. The van der Waals surface area contributed by atoms with Crippen molar-refractivity contribution in [3.05, 3.63) is 34.7 Å². The van der Waals surface area contributed by atoms with Crippen LogP contribution < -0.4 is 10.6 Å². The quantitative estimate of drug-likeness (QED) is 0.348. The Kier molecular flexibility index (Phi) is 7.67. The number of nitrogens with zero attached hydrogens (tertiary/aromatic N) is 3. The molecule has 1 atom stereocenters. The minimum absolute atomic E-state index is 0.141. The summed E-state index contributed by atoms with van der Waals surface area (Å²) >= 11 is 13.1. The van der Waals surface area contributed by atoms with Gasteiger partial charge in [-0.05, 0) is 46.1 Å². The van der Waals surface area contributed by atoms with E-state index in [0.29, 0.717) is 23.2 Å². The monoisotopic (exact) mass is 537 g/mol. The van der Waals surface area contributed by atoms with Gasteiger partial charge in [0.15, 0.2) is 0 Å². The van der Waals surface area contributed by atoms with Gasteiger partial charge in [-0.2, -0.15) is 5.10 Å². The summed E-state index contributed by atoms with van der Waals surface area (Å²) in [7, 11) is 0. The van der Waals surface area contributed by atoms with Crippen molar-refractivity contribution in [1.29, 1.82) is 0 Å². The number of ether oxygens (including phenoxy) is 2. The predicted molar refractivity (Wildman–Crippen MR) is 138 cm³/mol. The lowest BCUT2D eigenvalue weighted by Gasteiger charge is -2.22. The molecule has 1 saturated heterocycles. The van der Waals surface area contributed by atoms with Crippen LogP contribution in [0.4, 0.5) is 15.3 Å². The van der Waals surface area contributed by atoms with Crippen LogP contribution in [0.1, 0.15) is 46.3 Å². The van der Waals surface area contributed by atoms with Crippen LogP contribution in [-0.2, 0) is 16.0 Å². The maximum absolute atomic E-state index is 12.7. The molecule has 36 heavy (non-hydrogen) atoms. The van der Waals surface area contributed by atoms with Crippen LogP contribution in [0.15, 0.2) is 24.7 Å². The van der Waals surface area contributed by atoms with Crippen molar-refractivity contribution in [2.45, 2.75) is 58.4 Å². The lowest BCUT2D eigenvalue weighted by Crippen LogP contribution is -2.27. The molecule has 3 aromatic rings. The van der Waals surface area contributed by atoms with Crippen molar-refractivity contribution in [3.63, 3.8) is 0 Å². The summed E-state index contributed by atoms with van der Waals surface area (Å²) in [6, 6.07) is 1.58. The molecule has 1 aromatic carbocycles. The van der Waals surface area contributed by atoms with Crippen LogP contribution in [0.2, 0.25) is 10.0 Å². The van der Waals surface area contributed by atoms with Gasteiger partial charge in [-0.1, -0.05) is 23.2 Å². The van der Waals surface area contributed by atoms with Crippen LogP contribution in [0.5, 0.6) is 0 Å². The number of fused-ring (bicyclic) bond motifs is 1. The molecule has 3 heterocycles. The molecule has 1 aliphatic rings. The van der Waals surface area contributed by atoms with E-state index in [1.165, 1.54) is 0 Å². The van der Waals surface area contributed by atoms with Crippen molar-refractivity contribution in [3.8, 4) is 11.1 Å². The highest BCUT2D eigenvalue weighted by atomic mass is 35.5. The minimum atomic E-state index is -1.13. The molecule has 12 heteroatoms. The molecule has 194 valence electrons. The van der Waals surface area contributed by atoms with Crippen molar-refractivity contribution in [2.24, 2.45) is 0 Å². The number of nitrogens with one attached hydrogen (secondary N) is 2. The summed E-state index contributed by atoms with van der Waals surface area (Å²) in [4.78, 5) is 23.6. The van der Waals surface area contributed by atoms with E-state index >= 15 is 0 Å². The summed E-state index contributed by atoms with van der Waals surface area (Å²) < 4.78 is 14.9. The van der Waals surface area contributed by atoms with E-state index in [2.05, 4.69) is 15.7 Å². The summed E-state index contributed by atoms with van der Waals surface area (Å²) in [6.07, 6.45) is 6.53. The zero-order chi connectivity index (χ0) is 26.0.